The molecule has 0 spiro atoms. The van der Waals surface area contributed by atoms with Crippen molar-refractivity contribution >= 4 is 5.91 Å². The van der Waals surface area contributed by atoms with E-state index in [1.165, 1.54) is 5.56 Å². The van der Waals surface area contributed by atoms with Gasteiger partial charge in [0, 0.05) is 20.1 Å². The number of carbonyl (C=O) groups excluding carboxylic acids is 1. The first-order chi connectivity index (χ1) is 9.77. The predicted octanol–water partition coefficient (Wildman–Crippen LogP) is 2.47. The summed E-state index contributed by atoms with van der Waals surface area (Å²) < 4.78 is 0. The van der Waals surface area contributed by atoms with E-state index in [1.54, 1.807) is 0 Å². The molecule has 1 aromatic rings. The lowest BCUT2D eigenvalue weighted by molar-refractivity contribution is -0.134. The van der Waals surface area contributed by atoms with E-state index in [0.29, 0.717) is 5.91 Å². The monoisotopic (exact) mass is 274 g/mol. The van der Waals surface area contributed by atoms with Crippen molar-refractivity contribution in [3.63, 3.8) is 0 Å². The molecule has 110 valence electrons. The lowest BCUT2D eigenvalue weighted by atomic mass is 9.98. The number of piperidine rings is 1. The fourth-order valence-electron chi connectivity index (χ4n) is 2.81. The first kappa shape index (κ1) is 15.0. The molecule has 1 fully saturated rings. The van der Waals surface area contributed by atoms with Crippen LogP contribution >= 0.6 is 0 Å². The van der Waals surface area contributed by atoms with Crippen LogP contribution in [0.25, 0.3) is 0 Å². The fourth-order valence-corrected chi connectivity index (χ4v) is 2.81. The number of hydrogen-bond donors (Lipinski definition) is 1. The molecule has 0 bridgehead atoms. The highest BCUT2D eigenvalue weighted by molar-refractivity contribution is 5.78. The van der Waals surface area contributed by atoms with Gasteiger partial charge in [0.2, 0.25) is 5.91 Å². The zero-order valence-corrected chi connectivity index (χ0v) is 12.5. The van der Waals surface area contributed by atoms with E-state index in [-0.39, 0.29) is 5.92 Å². The van der Waals surface area contributed by atoms with E-state index in [4.69, 9.17) is 0 Å². The lowest BCUT2D eigenvalue weighted by Gasteiger charge is -2.27. The summed E-state index contributed by atoms with van der Waals surface area (Å²) in [4.78, 5) is 14.2. The molecule has 1 heterocycles. The highest BCUT2D eigenvalue weighted by atomic mass is 16.2. The minimum absolute atomic E-state index is 0.197. The third-order valence-corrected chi connectivity index (χ3v) is 4.07. The number of amides is 1. The molecule has 2 rings (SSSR count). The first-order valence-corrected chi connectivity index (χ1v) is 7.77. The van der Waals surface area contributed by atoms with Crippen molar-refractivity contribution in [2.24, 2.45) is 5.92 Å². The molecule has 1 unspecified atom stereocenters. The molecule has 1 aliphatic heterocycles. The third-order valence-electron chi connectivity index (χ3n) is 4.07. The van der Waals surface area contributed by atoms with Crippen molar-refractivity contribution in [1.82, 2.24) is 10.2 Å². The Morgan fingerprint density at radius 1 is 1.30 bits per heavy atom. The summed E-state index contributed by atoms with van der Waals surface area (Å²) in [6.45, 7) is 2.79. The Balaban J connectivity index is 1.64. The standard InChI is InChI=1S/C17H26N2O/c1-19(17(20)16-11-7-12-18-14-16)13-6-5-10-15-8-3-2-4-9-15/h2-4,8-9,16,18H,5-7,10-14H2,1H3. The van der Waals surface area contributed by atoms with Gasteiger partial charge in [-0.2, -0.15) is 0 Å². The Hall–Kier alpha value is -1.35. The molecular weight excluding hydrogens is 248 g/mol. The molecule has 1 atom stereocenters. The van der Waals surface area contributed by atoms with Crippen molar-refractivity contribution in [1.29, 1.82) is 0 Å². The number of unbranched alkanes of at least 4 members (excludes halogenated alkanes) is 1. The Morgan fingerprint density at radius 2 is 2.10 bits per heavy atom. The molecule has 20 heavy (non-hydrogen) atoms. The molecule has 1 N–H and O–H groups in total. The summed E-state index contributed by atoms with van der Waals surface area (Å²) in [5, 5.41) is 3.31. The van der Waals surface area contributed by atoms with Gasteiger partial charge < -0.3 is 10.2 Å². The van der Waals surface area contributed by atoms with Gasteiger partial charge in [0.05, 0.1) is 5.92 Å². The number of nitrogens with zero attached hydrogens (tertiary/aromatic N) is 1. The van der Waals surface area contributed by atoms with Crippen LogP contribution in [-0.4, -0.2) is 37.5 Å². The predicted molar refractivity (Wildman–Crippen MR) is 82.6 cm³/mol. The van der Waals surface area contributed by atoms with Gasteiger partial charge in [0.15, 0.2) is 0 Å². The Labute approximate surface area is 122 Å². The number of hydrogen-bond acceptors (Lipinski definition) is 2. The molecule has 1 saturated heterocycles. The lowest BCUT2D eigenvalue weighted by Crippen LogP contribution is -2.41. The van der Waals surface area contributed by atoms with Gasteiger partial charge in [-0.25, -0.2) is 0 Å². The zero-order chi connectivity index (χ0) is 14.2. The van der Waals surface area contributed by atoms with Crippen molar-refractivity contribution < 1.29 is 4.79 Å². The van der Waals surface area contributed by atoms with E-state index in [1.807, 2.05) is 18.0 Å². The molecule has 0 radical (unpaired) electrons. The Kier molecular flexibility index (Phi) is 6.06. The normalized spacial score (nSPS) is 18.8. The zero-order valence-electron chi connectivity index (χ0n) is 12.5. The summed E-state index contributed by atoms with van der Waals surface area (Å²) in [6.07, 6.45) is 5.49. The maximum atomic E-state index is 12.2. The minimum Gasteiger partial charge on any atom is -0.345 e. The van der Waals surface area contributed by atoms with Crippen LogP contribution in [0.1, 0.15) is 31.2 Å². The van der Waals surface area contributed by atoms with Gasteiger partial charge >= 0.3 is 0 Å². The van der Waals surface area contributed by atoms with E-state index >= 15 is 0 Å². The third kappa shape index (κ3) is 4.64. The Bertz CT molecular complexity index is 399. The maximum Gasteiger partial charge on any atom is 0.226 e. The Morgan fingerprint density at radius 3 is 2.80 bits per heavy atom. The van der Waals surface area contributed by atoms with Crippen LogP contribution in [0.3, 0.4) is 0 Å². The SMILES string of the molecule is CN(CCCCc1ccccc1)C(=O)C1CCCNC1. The van der Waals surface area contributed by atoms with Crippen LogP contribution in [-0.2, 0) is 11.2 Å². The number of carbonyl (C=O) groups is 1. The molecule has 3 nitrogen and oxygen atoms in total. The number of rotatable bonds is 6. The average molecular weight is 274 g/mol. The topological polar surface area (TPSA) is 32.3 Å². The molecule has 0 aromatic heterocycles. The second-order valence-corrected chi connectivity index (χ2v) is 5.75. The van der Waals surface area contributed by atoms with E-state index in [9.17, 15) is 4.79 Å². The minimum atomic E-state index is 0.197. The number of nitrogens with one attached hydrogen (secondary N) is 1. The second-order valence-electron chi connectivity index (χ2n) is 5.75. The van der Waals surface area contributed by atoms with Crippen molar-refractivity contribution in [2.75, 3.05) is 26.7 Å². The summed E-state index contributed by atoms with van der Waals surface area (Å²) in [5.74, 6) is 0.514. The molecule has 3 heteroatoms. The van der Waals surface area contributed by atoms with Crippen LogP contribution in [0, 0.1) is 5.92 Å². The van der Waals surface area contributed by atoms with Crippen molar-refractivity contribution in [3.05, 3.63) is 35.9 Å². The second kappa shape index (κ2) is 8.05. The van der Waals surface area contributed by atoms with Gasteiger partial charge in [-0.3, -0.25) is 4.79 Å². The summed E-state index contributed by atoms with van der Waals surface area (Å²) in [5.41, 5.74) is 1.39. The molecule has 0 saturated carbocycles. The van der Waals surface area contributed by atoms with E-state index < -0.39 is 0 Å². The largest absolute Gasteiger partial charge is 0.345 e. The van der Waals surface area contributed by atoms with Crippen LogP contribution in [0.15, 0.2) is 30.3 Å². The van der Waals surface area contributed by atoms with Gasteiger partial charge in [0.25, 0.3) is 0 Å². The van der Waals surface area contributed by atoms with Crippen LogP contribution in [0.5, 0.6) is 0 Å². The smallest absolute Gasteiger partial charge is 0.226 e. The quantitative estimate of drug-likeness (QED) is 0.808. The average Bonchev–Trinajstić information content (AvgIpc) is 2.52. The summed E-state index contributed by atoms with van der Waals surface area (Å²) in [7, 11) is 1.94. The molecular formula is C17H26N2O. The highest BCUT2D eigenvalue weighted by Crippen LogP contribution is 2.13. The van der Waals surface area contributed by atoms with Crippen LogP contribution < -0.4 is 5.32 Å². The number of aryl methyl sites for hydroxylation is 1. The van der Waals surface area contributed by atoms with E-state index in [0.717, 1.165) is 51.7 Å². The number of benzene rings is 1. The van der Waals surface area contributed by atoms with Gasteiger partial charge in [-0.15, -0.1) is 0 Å². The van der Waals surface area contributed by atoms with Gasteiger partial charge in [0.1, 0.15) is 0 Å². The molecule has 0 aliphatic carbocycles. The van der Waals surface area contributed by atoms with E-state index in [2.05, 4.69) is 29.6 Å². The summed E-state index contributed by atoms with van der Waals surface area (Å²) >= 11 is 0. The molecule has 1 amide bonds. The first-order valence-electron chi connectivity index (χ1n) is 7.77. The van der Waals surface area contributed by atoms with Gasteiger partial charge in [-0.05, 0) is 44.2 Å². The highest BCUT2D eigenvalue weighted by Gasteiger charge is 2.23. The van der Waals surface area contributed by atoms with Crippen LogP contribution in [0.2, 0.25) is 0 Å². The van der Waals surface area contributed by atoms with Crippen LogP contribution in [0.4, 0.5) is 0 Å². The molecule has 1 aliphatic rings. The molecule has 1 aromatic carbocycles. The van der Waals surface area contributed by atoms with Gasteiger partial charge in [-0.1, -0.05) is 30.3 Å². The van der Waals surface area contributed by atoms with Crippen molar-refractivity contribution in [3.8, 4) is 0 Å². The van der Waals surface area contributed by atoms with Crippen molar-refractivity contribution in [2.45, 2.75) is 32.1 Å². The summed E-state index contributed by atoms with van der Waals surface area (Å²) in [6, 6.07) is 10.6. The maximum absolute atomic E-state index is 12.2. The fraction of sp³-hybridized carbons (Fsp3) is 0.588.